The molecule has 0 aliphatic heterocycles. The standard InChI is InChI=1S/C20H23N5O6S/c21-20(22)24-15-6-2-5-14(8-15)19(29)23-10-17(26)25-16(9-18(27)28)13-4-1-3-12(7-13)11-32(30)31/h1-8,16H,9-11H2,(H,23,29)(H,25,26)(H,27,28)(H,30,31)(H4,21,22,24). The van der Waals surface area contributed by atoms with Crippen molar-refractivity contribution in [3.05, 3.63) is 65.2 Å². The van der Waals surface area contributed by atoms with Gasteiger partial charge in [-0.1, -0.05) is 30.3 Å². The summed E-state index contributed by atoms with van der Waals surface area (Å²) in [6, 6.07) is 11.6. The Kier molecular flexibility index (Phi) is 8.86. The van der Waals surface area contributed by atoms with Crippen molar-refractivity contribution >= 4 is 40.5 Å². The molecule has 2 aromatic rings. The second kappa shape index (κ2) is 11.6. The summed E-state index contributed by atoms with van der Waals surface area (Å²) in [7, 11) is 0. The molecule has 0 bridgehead atoms. The summed E-state index contributed by atoms with van der Waals surface area (Å²) >= 11 is -2.06. The Morgan fingerprint density at radius 2 is 1.81 bits per heavy atom. The van der Waals surface area contributed by atoms with Crippen molar-refractivity contribution in [1.29, 1.82) is 0 Å². The maximum atomic E-state index is 12.4. The number of nitrogens with one attached hydrogen (secondary N) is 2. The second-order valence-corrected chi connectivity index (χ2v) is 7.63. The third-order valence-corrected chi connectivity index (χ3v) is 4.71. The highest BCUT2D eigenvalue weighted by Crippen LogP contribution is 2.19. The molecule has 0 saturated carbocycles. The van der Waals surface area contributed by atoms with Crippen LogP contribution in [0.5, 0.6) is 0 Å². The Morgan fingerprint density at radius 3 is 2.47 bits per heavy atom. The van der Waals surface area contributed by atoms with Gasteiger partial charge in [0.15, 0.2) is 17.0 Å². The first kappa shape index (κ1) is 24.5. The zero-order valence-corrected chi connectivity index (χ0v) is 17.7. The Morgan fingerprint density at radius 1 is 1.09 bits per heavy atom. The van der Waals surface area contributed by atoms with E-state index in [2.05, 4.69) is 15.6 Å². The van der Waals surface area contributed by atoms with Gasteiger partial charge in [-0.2, -0.15) is 0 Å². The molecule has 0 aromatic heterocycles. The van der Waals surface area contributed by atoms with Crippen LogP contribution in [0.2, 0.25) is 0 Å². The fourth-order valence-electron chi connectivity index (χ4n) is 2.84. The summed E-state index contributed by atoms with van der Waals surface area (Å²) < 4.78 is 20.1. The van der Waals surface area contributed by atoms with E-state index in [1.165, 1.54) is 12.1 Å². The van der Waals surface area contributed by atoms with E-state index in [9.17, 15) is 23.7 Å². The van der Waals surface area contributed by atoms with E-state index < -0.39 is 47.9 Å². The maximum absolute atomic E-state index is 12.4. The molecule has 0 radical (unpaired) electrons. The molecule has 0 heterocycles. The van der Waals surface area contributed by atoms with Gasteiger partial charge in [-0.05, 0) is 29.3 Å². The van der Waals surface area contributed by atoms with Crippen LogP contribution in [0, 0.1) is 0 Å². The molecule has 2 amide bonds. The van der Waals surface area contributed by atoms with Gasteiger partial charge in [0.2, 0.25) is 5.91 Å². The van der Waals surface area contributed by atoms with Crippen molar-refractivity contribution in [1.82, 2.24) is 10.6 Å². The smallest absolute Gasteiger partial charge is 0.305 e. The van der Waals surface area contributed by atoms with Crippen LogP contribution in [0.3, 0.4) is 0 Å². The number of carbonyl (C=O) groups excluding carboxylic acids is 2. The number of carbonyl (C=O) groups is 3. The first-order chi connectivity index (χ1) is 15.1. The summed E-state index contributed by atoms with van der Waals surface area (Å²) in [6.45, 7) is -0.401. The van der Waals surface area contributed by atoms with Gasteiger partial charge >= 0.3 is 5.97 Å². The van der Waals surface area contributed by atoms with E-state index in [0.717, 1.165) is 0 Å². The maximum Gasteiger partial charge on any atom is 0.305 e. The van der Waals surface area contributed by atoms with E-state index in [-0.39, 0.29) is 17.3 Å². The first-order valence-corrected chi connectivity index (χ1v) is 10.6. The summed E-state index contributed by atoms with van der Waals surface area (Å²) in [5, 5.41) is 14.2. The monoisotopic (exact) mass is 461 g/mol. The minimum atomic E-state index is -2.06. The largest absolute Gasteiger partial charge is 0.481 e. The lowest BCUT2D eigenvalue weighted by molar-refractivity contribution is -0.137. The molecule has 0 aliphatic carbocycles. The quantitative estimate of drug-likeness (QED) is 0.166. The molecular formula is C20H23N5O6S. The van der Waals surface area contributed by atoms with Crippen LogP contribution in [0.15, 0.2) is 53.5 Å². The Balaban J connectivity index is 2.05. The number of benzene rings is 2. The van der Waals surface area contributed by atoms with E-state index in [1.54, 1.807) is 36.4 Å². The zero-order valence-electron chi connectivity index (χ0n) is 16.9. The fourth-order valence-corrected chi connectivity index (χ4v) is 3.31. The van der Waals surface area contributed by atoms with Crippen LogP contribution in [-0.4, -0.2) is 44.2 Å². The van der Waals surface area contributed by atoms with Crippen molar-refractivity contribution < 1.29 is 28.3 Å². The van der Waals surface area contributed by atoms with Gasteiger partial charge in [0.25, 0.3) is 5.91 Å². The summed E-state index contributed by atoms with van der Waals surface area (Å²) in [4.78, 5) is 39.8. The predicted molar refractivity (Wildman–Crippen MR) is 118 cm³/mol. The van der Waals surface area contributed by atoms with Crippen molar-refractivity contribution in [3.63, 3.8) is 0 Å². The van der Waals surface area contributed by atoms with E-state index in [4.69, 9.17) is 16.0 Å². The van der Waals surface area contributed by atoms with Crippen molar-refractivity contribution in [3.8, 4) is 0 Å². The predicted octanol–water partition coefficient (Wildman–Crippen LogP) is 0.375. The number of nitrogens with two attached hydrogens (primary N) is 2. The lowest BCUT2D eigenvalue weighted by atomic mass is 10.0. The van der Waals surface area contributed by atoms with Gasteiger partial charge < -0.3 is 31.8 Å². The summed E-state index contributed by atoms with van der Waals surface area (Å²) in [6.07, 6.45) is -0.411. The van der Waals surface area contributed by atoms with Crippen molar-refractivity contribution in [2.45, 2.75) is 18.2 Å². The molecule has 2 aromatic carbocycles. The second-order valence-electron chi connectivity index (χ2n) is 6.70. The zero-order chi connectivity index (χ0) is 23.7. The topological polar surface area (TPSA) is 197 Å². The van der Waals surface area contributed by atoms with Gasteiger partial charge in [-0.3, -0.25) is 14.4 Å². The third kappa shape index (κ3) is 8.16. The van der Waals surface area contributed by atoms with Crippen LogP contribution in [0.4, 0.5) is 5.69 Å². The van der Waals surface area contributed by atoms with Crippen LogP contribution in [-0.2, 0) is 26.4 Å². The molecule has 32 heavy (non-hydrogen) atoms. The van der Waals surface area contributed by atoms with Crippen LogP contribution in [0.1, 0.15) is 33.9 Å². The Labute approximate surface area is 186 Å². The number of hydrogen-bond donors (Lipinski definition) is 6. The van der Waals surface area contributed by atoms with Gasteiger partial charge in [-0.15, -0.1) is 0 Å². The highest BCUT2D eigenvalue weighted by molar-refractivity contribution is 7.78. The molecule has 8 N–H and O–H groups in total. The highest BCUT2D eigenvalue weighted by atomic mass is 32.2. The number of aliphatic imine (C=N–C) groups is 1. The molecule has 0 saturated heterocycles. The molecule has 2 rings (SSSR count). The number of nitrogens with zero attached hydrogens (tertiary/aromatic N) is 1. The number of hydrogen-bond acceptors (Lipinski definition) is 5. The summed E-state index contributed by atoms with van der Waals surface area (Å²) in [5.74, 6) is -2.60. The van der Waals surface area contributed by atoms with E-state index in [1.807, 2.05) is 0 Å². The fraction of sp³-hybridized carbons (Fsp3) is 0.200. The molecule has 2 unspecified atom stereocenters. The van der Waals surface area contributed by atoms with Crippen LogP contribution in [0.25, 0.3) is 0 Å². The Hall–Kier alpha value is -3.77. The number of guanidine groups is 1. The lowest BCUT2D eigenvalue weighted by Gasteiger charge is -2.18. The average molecular weight is 462 g/mol. The highest BCUT2D eigenvalue weighted by Gasteiger charge is 2.19. The minimum absolute atomic E-state index is 0.128. The molecular weight excluding hydrogens is 438 g/mol. The first-order valence-electron chi connectivity index (χ1n) is 9.29. The molecule has 11 nitrogen and oxygen atoms in total. The number of amides is 2. The van der Waals surface area contributed by atoms with Gasteiger partial charge in [0.05, 0.1) is 30.4 Å². The van der Waals surface area contributed by atoms with Crippen LogP contribution < -0.4 is 22.1 Å². The van der Waals surface area contributed by atoms with E-state index >= 15 is 0 Å². The minimum Gasteiger partial charge on any atom is -0.481 e. The van der Waals surface area contributed by atoms with Gasteiger partial charge in [-0.25, -0.2) is 9.20 Å². The van der Waals surface area contributed by atoms with Crippen molar-refractivity contribution in [2.24, 2.45) is 16.5 Å². The molecule has 170 valence electrons. The molecule has 12 heteroatoms. The molecule has 0 spiro atoms. The Bertz CT molecular complexity index is 1050. The number of aliphatic carboxylic acids is 1. The van der Waals surface area contributed by atoms with Gasteiger partial charge in [0, 0.05) is 5.56 Å². The number of carboxylic acids is 1. The molecule has 0 fully saturated rings. The lowest BCUT2D eigenvalue weighted by Crippen LogP contribution is -2.39. The summed E-state index contributed by atoms with van der Waals surface area (Å²) in [5.41, 5.74) is 12.2. The molecule has 2 atom stereocenters. The van der Waals surface area contributed by atoms with Crippen LogP contribution >= 0.6 is 0 Å². The normalized spacial score (nSPS) is 12.3. The van der Waals surface area contributed by atoms with E-state index in [0.29, 0.717) is 16.8 Å². The van der Waals surface area contributed by atoms with Crippen molar-refractivity contribution in [2.75, 3.05) is 6.54 Å². The number of rotatable bonds is 10. The third-order valence-electron chi connectivity index (χ3n) is 4.13. The molecule has 0 aliphatic rings. The average Bonchev–Trinajstić information content (AvgIpc) is 2.70. The van der Waals surface area contributed by atoms with Gasteiger partial charge in [0.1, 0.15) is 0 Å². The number of carboxylic acid groups (broad SMARTS) is 1. The SMILES string of the molecule is NC(N)=Nc1cccc(C(=O)NCC(=O)NC(CC(=O)O)c2cccc(CS(=O)O)c2)c1.